The molecule has 1 aliphatic heterocycles. The molecule has 0 saturated carbocycles. The van der Waals surface area contributed by atoms with E-state index >= 15 is 0 Å². The van der Waals surface area contributed by atoms with Gasteiger partial charge in [0.05, 0.1) is 23.9 Å². The van der Waals surface area contributed by atoms with Gasteiger partial charge in [0.15, 0.2) is 5.82 Å². The molecule has 8 heteroatoms. The number of carbonyl (C=O) groups excluding carboxylic acids is 1. The van der Waals surface area contributed by atoms with Gasteiger partial charge in [0.1, 0.15) is 17.8 Å². The summed E-state index contributed by atoms with van der Waals surface area (Å²) in [5, 5.41) is 20.7. The van der Waals surface area contributed by atoms with E-state index in [1.807, 2.05) is 43.3 Å². The summed E-state index contributed by atoms with van der Waals surface area (Å²) in [4.78, 5) is 18.7. The van der Waals surface area contributed by atoms with Crippen molar-refractivity contribution in [1.29, 1.82) is 0 Å². The Morgan fingerprint density at radius 1 is 1.26 bits per heavy atom. The molecule has 0 fully saturated rings. The number of anilines is 2. The number of nitrogens with one attached hydrogen (secondary N) is 1. The monoisotopic (exact) mass is 364 g/mol. The molecule has 0 saturated heterocycles. The van der Waals surface area contributed by atoms with E-state index < -0.39 is 0 Å². The lowest BCUT2D eigenvalue weighted by atomic mass is 10.1. The molecule has 1 aliphatic rings. The minimum absolute atomic E-state index is 0.000711. The number of amides is 1. The lowest BCUT2D eigenvalue weighted by molar-refractivity contribution is 0.0817. The van der Waals surface area contributed by atoms with Gasteiger partial charge in [0.25, 0.3) is 5.91 Å². The molecule has 0 spiro atoms. The number of aromatic nitrogens is 4. The van der Waals surface area contributed by atoms with Crippen molar-refractivity contribution in [1.82, 2.24) is 24.6 Å². The Labute approximate surface area is 156 Å². The molecule has 0 aliphatic carbocycles. The summed E-state index contributed by atoms with van der Waals surface area (Å²) in [5.41, 5.74) is 3.05. The summed E-state index contributed by atoms with van der Waals surface area (Å²) in [7, 11) is 1.79. The lowest BCUT2D eigenvalue weighted by Crippen LogP contribution is -2.18. The number of aliphatic hydroxyl groups excluding tert-OH is 1. The molecule has 2 aromatic heterocycles. The van der Waals surface area contributed by atoms with Crippen LogP contribution in [0.25, 0.3) is 11.5 Å². The summed E-state index contributed by atoms with van der Waals surface area (Å²) >= 11 is 0. The Bertz CT molecular complexity index is 999. The highest BCUT2D eigenvalue weighted by molar-refractivity contribution is 6.03. The first-order valence-electron chi connectivity index (χ1n) is 8.70. The average Bonchev–Trinajstić information content (AvgIpc) is 3.27. The Morgan fingerprint density at radius 2 is 2.07 bits per heavy atom. The second kappa shape index (κ2) is 6.81. The molecule has 3 heterocycles. The van der Waals surface area contributed by atoms with Gasteiger partial charge >= 0.3 is 0 Å². The first-order valence-corrected chi connectivity index (χ1v) is 8.70. The van der Waals surface area contributed by atoms with E-state index in [0.29, 0.717) is 29.4 Å². The third-order valence-electron chi connectivity index (χ3n) is 4.67. The topological polar surface area (TPSA) is 96.2 Å². The Hall–Kier alpha value is -3.26. The third kappa shape index (κ3) is 3.04. The van der Waals surface area contributed by atoms with Crippen molar-refractivity contribution in [3.05, 3.63) is 53.9 Å². The molecule has 3 aromatic rings. The first kappa shape index (κ1) is 17.2. The SMILES string of the molecule is CC(CO)n1cnnc1-c1cccc(Nc2cccc3c2C(=O)N(C)C3)n1. The number of nitrogens with zero attached hydrogens (tertiary/aromatic N) is 5. The van der Waals surface area contributed by atoms with Gasteiger partial charge < -0.3 is 19.9 Å². The highest BCUT2D eigenvalue weighted by Crippen LogP contribution is 2.30. The van der Waals surface area contributed by atoms with E-state index in [1.54, 1.807) is 22.8 Å². The number of pyridine rings is 1. The highest BCUT2D eigenvalue weighted by Gasteiger charge is 2.27. The summed E-state index contributed by atoms with van der Waals surface area (Å²) in [6, 6.07) is 11.2. The Morgan fingerprint density at radius 3 is 2.89 bits per heavy atom. The van der Waals surface area contributed by atoms with E-state index in [0.717, 1.165) is 11.3 Å². The zero-order chi connectivity index (χ0) is 19.0. The van der Waals surface area contributed by atoms with Gasteiger partial charge in [-0.2, -0.15) is 0 Å². The van der Waals surface area contributed by atoms with Crippen molar-refractivity contribution in [2.45, 2.75) is 19.5 Å². The Kier molecular flexibility index (Phi) is 4.33. The molecule has 1 aromatic carbocycles. The summed E-state index contributed by atoms with van der Waals surface area (Å²) < 4.78 is 1.78. The fourth-order valence-electron chi connectivity index (χ4n) is 3.21. The zero-order valence-electron chi connectivity index (χ0n) is 15.1. The number of benzene rings is 1. The van der Waals surface area contributed by atoms with Gasteiger partial charge in [-0.05, 0) is 30.7 Å². The molecular weight excluding hydrogens is 344 g/mol. The number of aliphatic hydroxyl groups is 1. The van der Waals surface area contributed by atoms with Crippen LogP contribution in [0, 0.1) is 0 Å². The zero-order valence-corrected chi connectivity index (χ0v) is 15.1. The molecule has 27 heavy (non-hydrogen) atoms. The van der Waals surface area contributed by atoms with Crippen LogP contribution in [0.15, 0.2) is 42.7 Å². The molecule has 4 rings (SSSR count). The van der Waals surface area contributed by atoms with Crippen molar-refractivity contribution in [3.63, 3.8) is 0 Å². The van der Waals surface area contributed by atoms with E-state index in [2.05, 4.69) is 20.5 Å². The summed E-state index contributed by atoms with van der Waals surface area (Å²) in [6.07, 6.45) is 1.58. The van der Waals surface area contributed by atoms with Gasteiger partial charge in [-0.15, -0.1) is 10.2 Å². The molecule has 2 N–H and O–H groups in total. The number of fused-ring (bicyclic) bond motifs is 1. The quantitative estimate of drug-likeness (QED) is 0.721. The smallest absolute Gasteiger partial charge is 0.256 e. The molecular formula is C19H20N6O2. The molecule has 8 nitrogen and oxygen atoms in total. The van der Waals surface area contributed by atoms with Crippen LogP contribution in [0.1, 0.15) is 28.9 Å². The van der Waals surface area contributed by atoms with Crippen LogP contribution in [0.2, 0.25) is 0 Å². The molecule has 138 valence electrons. The maximum Gasteiger partial charge on any atom is 0.256 e. The molecule has 1 unspecified atom stereocenters. The van der Waals surface area contributed by atoms with E-state index in [1.165, 1.54) is 0 Å². The van der Waals surface area contributed by atoms with E-state index in [-0.39, 0.29) is 18.6 Å². The van der Waals surface area contributed by atoms with Gasteiger partial charge in [-0.3, -0.25) is 4.79 Å². The predicted octanol–water partition coefficient (Wildman–Crippen LogP) is 2.22. The second-order valence-electron chi connectivity index (χ2n) is 6.63. The average molecular weight is 364 g/mol. The van der Waals surface area contributed by atoms with Gasteiger partial charge in [0.2, 0.25) is 0 Å². The van der Waals surface area contributed by atoms with Crippen LogP contribution in [0.5, 0.6) is 0 Å². The van der Waals surface area contributed by atoms with Gasteiger partial charge in [0, 0.05) is 13.6 Å². The normalized spacial score (nSPS) is 14.3. The predicted molar refractivity (Wildman–Crippen MR) is 101 cm³/mol. The van der Waals surface area contributed by atoms with Crippen molar-refractivity contribution >= 4 is 17.4 Å². The number of hydrogen-bond acceptors (Lipinski definition) is 6. The van der Waals surface area contributed by atoms with Crippen molar-refractivity contribution in [2.24, 2.45) is 0 Å². The maximum absolute atomic E-state index is 12.4. The summed E-state index contributed by atoms with van der Waals surface area (Å²) in [6.45, 7) is 2.47. The molecule has 0 bridgehead atoms. The van der Waals surface area contributed by atoms with Gasteiger partial charge in [-0.1, -0.05) is 18.2 Å². The van der Waals surface area contributed by atoms with E-state index in [4.69, 9.17) is 0 Å². The molecule has 1 atom stereocenters. The highest BCUT2D eigenvalue weighted by atomic mass is 16.3. The third-order valence-corrected chi connectivity index (χ3v) is 4.67. The van der Waals surface area contributed by atoms with Crippen LogP contribution < -0.4 is 5.32 Å². The van der Waals surface area contributed by atoms with Crippen LogP contribution in [-0.4, -0.2) is 49.3 Å². The standard InChI is InChI=1S/C19H20N6O2/c1-12(10-26)25-11-20-23-18(25)15-7-4-8-16(22-15)21-14-6-3-5-13-9-24(2)19(27)17(13)14/h3-8,11-12,26H,9-10H2,1-2H3,(H,21,22). The van der Waals surface area contributed by atoms with Crippen molar-refractivity contribution < 1.29 is 9.90 Å². The molecule has 1 amide bonds. The largest absolute Gasteiger partial charge is 0.394 e. The lowest BCUT2D eigenvalue weighted by Gasteiger charge is -2.13. The fraction of sp³-hybridized carbons (Fsp3) is 0.263. The van der Waals surface area contributed by atoms with Crippen LogP contribution in [0.4, 0.5) is 11.5 Å². The van der Waals surface area contributed by atoms with Gasteiger partial charge in [-0.25, -0.2) is 4.98 Å². The minimum Gasteiger partial charge on any atom is -0.394 e. The first-order chi connectivity index (χ1) is 13.1. The number of rotatable bonds is 5. The van der Waals surface area contributed by atoms with Crippen molar-refractivity contribution in [3.8, 4) is 11.5 Å². The number of carbonyl (C=O) groups is 1. The molecule has 0 radical (unpaired) electrons. The van der Waals surface area contributed by atoms with Crippen LogP contribution >= 0.6 is 0 Å². The maximum atomic E-state index is 12.4. The number of hydrogen-bond donors (Lipinski definition) is 2. The van der Waals surface area contributed by atoms with Crippen LogP contribution in [0.3, 0.4) is 0 Å². The van der Waals surface area contributed by atoms with E-state index in [9.17, 15) is 9.90 Å². The summed E-state index contributed by atoms with van der Waals surface area (Å²) in [5.74, 6) is 1.18. The minimum atomic E-state index is -0.154. The second-order valence-corrected chi connectivity index (χ2v) is 6.63. The van der Waals surface area contributed by atoms with Crippen molar-refractivity contribution in [2.75, 3.05) is 19.0 Å². The Balaban J connectivity index is 1.67. The fourth-order valence-corrected chi connectivity index (χ4v) is 3.21. The van der Waals surface area contributed by atoms with Crippen LogP contribution in [-0.2, 0) is 6.54 Å².